The monoisotopic (exact) mass is 260 g/mol. The molecule has 4 heteroatoms. The molecule has 1 N–H and O–H groups in total. The molecule has 1 aromatic carbocycles. The SMILES string of the molecule is OC1(Cc2ccc(Cl)cc2Cl)CCOCC1. The fourth-order valence-electron chi connectivity index (χ4n) is 1.95. The predicted octanol–water partition coefficient (Wildman–Crippen LogP) is 3.08. The summed E-state index contributed by atoms with van der Waals surface area (Å²) in [5, 5.41) is 11.6. The van der Waals surface area contributed by atoms with Crippen LogP contribution in [0.5, 0.6) is 0 Å². The van der Waals surface area contributed by atoms with Crippen molar-refractivity contribution in [1.82, 2.24) is 0 Å². The molecule has 0 atom stereocenters. The number of aliphatic hydroxyl groups is 1. The van der Waals surface area contributed by atoms with Gasteiger partial charge in [0.2, 0.25) is 0 Å². The number of hydrogen-bond donors (Lipinski definition) is 1. The normalized spacial score (nSPS) is 19.7. The Bertz CT molecular complexity index is 373. The summed E-state index contributed by atoms with van der Waals surface area (Å²) in [4.78, 5) is 0. The van der Waals surface area contributed by atoms with Gasteiger partial charge >= 0.3 is 0 Å². The fourth-order valence-corrected chi connectivity index (χ4v) is 2.42. The van der Waals surface area contributed by atoms with Gasteiger partial charge in [-0.15, -0.1) is 0 Å². The Labute approximate surface area is 105 Å². The molecule has 1 aliphatic rings. The molecule has 1 aromatic rings. The van der Waals surface area contributed by atoms with Gasteiger partial charge in [0.25, 0.3) is 0 Å². The van der Waals surface area contributed by atoms with Crippen LogP contribution in [0, 0.1) is 0 Å². The molecular weight excluding hydrogens is 247 g/mol. The van der Waals surface area contributed by atoms with Crippen LogP contribution in [-0.4, -0.2) is 23.9 Å². The van der Waals surface area contributed by atoms with E-state index in [0.717, 1.165) is 5.56 Å². The third-order valence-corrected chi connectivity index (χ3v) is 3.55. The Balaban J connectivity index is 2.13. The van der Waals surface area contributed by atoms with E-state index in [1.165, 1.54) is 0 Å². The Morgan fingerprint density at radius 3 is 2.56 bits per heavy atom. The van der Waals surface area contributed by atoms with Crippen molar-refractivity contribution >= 4 is 23.2 Å². The van der Waals surface area contributed by atoms with Gasteiger partial charge in [0.05, 0.1) is 5.60 Å². The van der Waals surface area contributed by atoms with Gasteiger partial charge in [-0.1, -0.05) is 29.3 Å². The Kier molecular flexibility index (Phi) is 3.75. The molecule has 0 amide bonds. The molecule has 2 nitrogen and oxygen atoms in total. The van der Waals surface area contributed by atoms with Crippen molar-refractivity contribution in [2.75, 3.05) is 13.2 Å². The van der Waals surface area contributed by atoms with Crippen LogP contribution in [0.3, 0.4) is 0 Å². The molecule has 0 saturated carbocycles. The molecule has 88 valence electrons. The first-order valence-electron chi connectivity index (χ1n) is 5.33. The average molecular weight is 261 g/mol. The van der Waals surface area contributed by atoms with E-state index in [1.807, 2.05) is 6.07 Å². The van der Waals surface area contributed by atoms with E-state index in [4.69, 9.17) is 27.9 Å². The third-order valence-electron chi connectivity index (χ3n) is 2.96. The Morgan fingerprint density at radius 1 is 1.25 bits per heavy atom. The van der Waals surface area contributed by atoms with Gasteiger partial charge in [-0.05, 0) is 30.5 Å². The second kappa shape index (κ2) is 4.92. The molecule has 0 aliphatic carbocycles. The van der Waals surface area contributed by atoms with Gasteiger partial charge in [-0.3, -0.25) is 0 Å². The second-order valence-corrected chi connectivity index (χ2v) is 5.09. The van der Waals surface area contributed by atoms with Gasteiger partial charge < -0.3 is 9.84 Å². The van der Waals surface area contributed by atoms with E-state index < -0.39 is 5.60 Å². The predicted molar refractivity (Wildman–Crippen MR) is 65.2 cm³/mol. The van der Waals surface area contributed by atoms with Crippen molar-refractivity contribution in [2.24, 2.45) is 0 Å². The van der Waals surface area contributed by atoms with Crippen LogP contribution in [-0.2, 0) is 11.2 Å². The quantitative estimate of drug-likeness (QED) is 0.886. The maximum Gasteiger partial charge on any atom is 0.0732 e. The summed E-state index contributed by atoms with van der Waals surface area (Å²) in [5.41, 5.74) is 0.255. The zero-order chi connectivity index (χ0) is 11.6. The first kappa shape index (κ1) is 12.2. The summed E-state index contributed by atoms with van der Waals surface area (Å²) in [6.07, 6.45) is 1.88. The molecule has 1 fully saturated rings. The molecule has 2 rings (SSSR count). The summed E-state index contributed by atoms with van der Waals surface area (Å²) in [7, 11) is 0. The lowest BCUT2D eigenvalue weighted by molar-refractivity contribution is -0.0625. The van der Waals surface area contributed by atoms with Crippen LogP contribution in [0.4, 0.5) is 0 Å². The van der Waals surface area contributed by atoms with Crippen LogP contribution in [0.1, 0.15) is 18.4 Å². The summed E-state index contributed by atoms with van der Waals surface area (Å²) >= 11 is 11.9. The zero-order valence-electron chi connectivity index (χ0n) is 8.88. The van der Waals surface area contributed by atoms with Gasteiger partial charge in [0.15, 0.2) is 0 Å². The summed E-state index contributed by atoms with van der Waals surface area (Å²) in [6.45, 7) is 1.23. The van der Waals surface area contributed by atoms with E-state index in [1.54, 1.807) is 12.1 Å². The van der Waals surface area contributed by atoms with Gasteiger partial charge in [-0.25, -0.2) is 0 Å². The highest BCUT2D eigenvalue weighted by Crippen LogP contribution is 2.29. The number of benzene rings is 1. The van der Waals surface area contributed by atoms with Crippen molar-refractivity contribution in [2.45, 2.75) is 24.9 Å². The van der Waals surface area contributed by atoms with Crippen LogP contribution < -0.4 is 0 Å². The van der Waals surface area contributed by atoms with Crippen LogP contribution in [0.25, 0.3) is 0 Å². The van der Waals surface area contributed by atoms with Gasteiger partial charge in [-0.2, -0.15) is 0 Å². The molecule has 1 saturated heterocycles. The van der Waals surface area contributed by atoms with Crippen molar-refractivity contribution in [3.63, 3.8) is 0 Å². The Morgan fingerprint density at radius 2 is 1.94 bits per heavy atom. The average Bonchev–Trinajstić information content (AvgIpc) is 2.23. The smallest absolute Gasteiger partial charge is 0.0732 e. The second-order valence-electron chi connectivity index (χ2n) is 4.25. The largest absolute Gasteiger partial charge is 0.389 e. The van der Waals surface area contributed by atoms with Crippen LogP contribution in [0.15, 0.2) is 18.2 Å². The lowest BCUT2D eigenvalue weighted by atomic mass is 9.87. The van der Waals surface area contributed by atoms with Crippen LogP contribution in [0.2, 0.25) is 10.0 Å². The first-order chi connectivity index (χ1) is 7.59. The molecule has 0 radical (unpaired) electrons. The minimum absolute atomic E-state index is 0.562. The molecule has 1 aliphatic heterocycles. The van der Waals surface area contributed by atoms with Crippen molar-refractivity contribution in [3.05, 3.63) is 33.8 Å². The zero-order valence-corrected chi connectivity index (χ0v) is 10.4. The molecule has 0 unspecified atom stereocenters. The van der Waals surface area contributed by atoms with E-state index in [-0.39, 0.29) is 0 Å². The molecule has 0 aromatic heterocycles. The van der Waals surface area contributed by atoms with Gasteiger partial charge in [0, 0.05) is 29.7 Å². The van der Waals surface area contributed by atoms with Crippen molar-refractivity contribution < 1.29 is 9.84 Å². The standard InChI is InChI=1S/C12H14Cl2O2/c13-10-2-1-9(11(14)7-10)8-12(15)3-5-16-6-4-12/h1-2,7,15H,3-6,8H2. The van der Waals surface area contributed by atoms with Crippen molar-refractivity contribution in [3.8, 4) is 0 Å². The summed E-state index contributed by atoms with van der Waals surface area (Å²) in [5.74, 6) is 0. The van der Waals surface area contributed by atoms with Crippen LogP contribution >= 0.6 is 23.2 Å². The van der Waals surface area contributed by atoms with E-state index >= 15 is 0 Å². The molecule has 0 spiro atoms. The van der Waals surface area contributed by atoms with Crippen molar-refractivity contribution in [1.29, 1.82) is 0 Å². The minimum atomic E-state index is -0.685. The first-order valence-corrected chi connectivity index (χ1v) is 6.09. The molecule has 16 heavy (non-hydrogen) atoms. The van der Waals surface area contributed by atoms with E-state index in [9.17, 15) is 5.11 Å². The van der Waals surface area contributed by atoms with E-state index in [0.29, 0.717) is 42.5 Å². The summed E-state index contributed by atoms with van der Waals surface area (Å²) in [6, 6.07) is 5.38. The molecule has 0 bridgehead atoms. The maximum absolute atomic E-state index is 10.3. The molecule has 1 heterocycles. The third kappa shape index (κ3) is 2.89. The highest BCUT2D eigenvalue weighted by atomic mass is 35.5. The highest BCUT2D eigenvalue weighted by molar-refractivity contribution is 6.35. The minimum Gasteiger partial charge on any atom is -0.389 e. The Hall–Kier alpha value is -0.280. The summed E-state index contributed by atoms with van der Waals surface area (Å²) < 4.78 is 5.24. The van der Waals surface area contributed by atoms with Gasteiger partial charge in [0.1, 0.15) is 0 Å². The topological polar surface area (TPSA) is 29.5 Å². The number of rotatable bonds is 2. The molecular formula is C12H14Cl2O2. The number of ether oxygens (including phenoxy) is 1. The number of halogens is 2. The maximum atomic E-state index is 10.3. The highest BCUT2D eigenvalue weighted by Gasteiger charge is 2.30. The van der Waals surface area contributed by atoms with E-state index in [2.05, 4.69) is 0 Å². The fraction of sp³-hybridized carbons (Fsp3) is 0.500. The number of hydrogen-bond acceptors (Lipinski definition) is 2. The lowest BCUT2D eigenvalue weighted by Gasteiger charge is -2.32. The lowest BCUT2D eigenvalue weighted by Crippen LogP contribution is -2.38.